The Morgan fingerprint density at radius 3 is 2.29 bits per heavy atom. The summed E-state index contributed by atoms with van der Waals surface area (Å²) in [6, 6.07) is 16.2. The van der Waals surface area contributed by atoms with E-state index in [1.54, 1.807) is 45.5 Å². The Kier molecular flexibility index (Phi) is 5.12. The van der Waals surface area contributed by atoms with Gasteiger partial charge in [0.05, 0.1) is 31.9 Å². The third-order valence-electron chi connectivity index (χ3n) is 4.51. The highest BCUT2D eigenvalue weighted by atomic mass is 32.2. The molecule has 0 amide bonds. The Hall–Kier alpha value is -3.12. The van der Waals surface area contributed by atoms with Gasteiger partial charge in [-0.2, -0.15) is 0 Å². The molecule has 2 heterocycles. The predicted octanol–water partition coefficient (Wildman–Crippen LogP) is 5.41. The van der Waals surface area contributed by atoms with Gasteiger partial charge in [-0.15, -0.1) is 0 Å². The molecule has 0 aliphatic carbocycles. The first-order valence-corrected chi connectivity index (χ1v) is 9.56. The predicted molar refractivity (Wildman–Crippen MR) is 112 cm³/mol. The lowest BCUT2D eigenvalue weighted by Gasteiger charge is -2.15. The van der Waals surface area contributed by atoms with Gasteiger partial charge < -0.3 is 19.2 Å². The van der Waals surface area contributed by atoms with Crippen molar-refractivity contribution in [1.29, 1.82) is 0 Å². The summed E-state index contributed by atoms with van der Waals surface area (Å²) in [5, 5.41) is 1.15. The lowest BCUT2D eigenvalue weighted by atomic mass is 10.2. The third-order valence-corrected chi connectivity index (χ3v) is 5.68. The molecule has 4 aromatic rings. The Balaban J connectivity index is 1.89. The van der Waals surface area contributed by atoms with E-state index < -0.39 is 0 Å². The summed E-state index contributed by atoms with van der Waals surface area (Å²) in [6.07, 6.45) is 3.60. The van der Waals surface area contributed by atoms with Gasteiger partial charge in [-0.25, -0.2) is 0 Å². The highest BCUT2D eigenvalue weighted by Crippen LogP contribution is 2.49. The largest absolute Gasteiger partial charge is 0.493 e. The van der Waals surface area contributed by atoms with Gasteiger partial charge in [-0.1, -0.05) is 30.0 Å². The fourth-order valence-corrected chi connectivity index (χ4v) is 4.39. The lowest BCUT2D eigenvalue weighted by molar-refractivity contribution is 0.319. The van der Waals surface area contributed by atoms with E-state index in [1.807, 2.05) is 36.4 Å². The van der Waals surface area contributed by atoms with Crippen LogP contribution in [-0.4, -0.2) is 31.3 Å². The Bertz CT molecular complexity index is 1110. The first kappa shape index (κ1) is 18.3. The number of benzene rings is 2. The van der Waals surface area contributed by atoms with Crippen LogP contribution >= 0.6 is 11.8 Å². The van der Waals surface area contributed by atoms with E-state index in [9.17, 15) is 0 Å². The molecule has 0 aliphatic heterocycles. The third kappa shape index (κ3) is 3.16. The Morgan fingerprint density at radius 1 is 0.821 bits per heavy atom. The smallest absolute Gasteiger partial charge is 0.204 e. The highest BCUT2D eigenvalue weighted by molar-refractivity contribution is 7.99. The lowest BCUT2D eigenvalue weighted by Crippen LogP contribution is -1.96. The average molecular weight is 392 g/mol. The van der Waals surface area contributed by atoms with Crippen LogP contribution in [0.5, 0.6) is 17.2 Å². The van der Waals surface area contributed by atoms with Crippen molar-refractivity contribution in [2.45, 2.75) is 9.79 Å². The van der Waals surface area contributed by atoms with Gasteiger partial charge >= 0.3 is 0 Å². The summed E-state index contributed by atoms with van der Waals surface area (Å²) >= 11 is 1.63. The molecule has 28 heavy (non-hydrogen) atoms. The Morgan fingerprint density at radius 2 is 1.57 bits per heavy atom. The summed E-state index contributed by atoms with van der Waals surface area (Å²) in [4.78, 5) is 9.74. The second kappa shape index (κ2) is 7.86. The molecule has 0 saturated heterocycles. The van der Waals surface area contributed by atoms with Crippen molar-refractivity contribution in [3.63, 3.8) is 0 Å². The van der Waals surface area contributed by atoms with Crippen LogP contribution in [0.1, 0.15) is 0 Å². The summed E-state index contributed by atoms with van der Waals surface area (Å²) < 4.78 is 16.6. The molecule has 2 aromatic carbocycles. The van der Waals surface area contributed by atoms with Crippen LogP contribution in [0.2, 0.25) is 0 Å². The average Bonchev–Trinajstić information content (AvgIpc) is 3.12. The van der Waals surface area contributed by atoms with Crippen molar-refractivity contribution in [3.8, 4) is 28.5 Å². The second-order valence-electron chi connectivity index (χ2n) is 6.05. The van der Waals surface area contributed by atoms with Crippen molar-refractivity contribution in [1.82, 2.24) is 9.97 Å². The van der Waals surface area contributed by atoms with E-state index in [0.717, 1.165) is 32.0 Å². The molecule has 2 aromatic heterocycles. The highest BCUT2D eigenvalue weighted by Gasteiger charge is 2.20. The van der Waals surface area contributed by atoms with Crippen molar-refractivity contribution >= 4 is 22.7 Å². The molecule has 0 spiro atoms. The van der Waals surface area contributed by atoms with E-state index in [1.165, 1.54) is 0 Å². The van der Waals surface area contributed by atoms with Crippen molar-refractivity contribution < 1.29 is 14.2 Å². The van der Waals surface area contributed by atoms with Crippen molar-refractivity contribution in [2.24, 2.45) is 0 Å². The molecule has 5 nitrogen and oxygen atoms in total. The number of ether oxygens (including phenoxy) is 3. The van der Waals surface area contributed by atoms with Crippen LogP contribution in [0.3, 0.4) is 0 Å². The zero-order valence-corrected chi connectivity index (χ0v) is 16.7. The molecule has 0 fully saturated rings. The van der Waals surface area contributed by atoms with Crippen LogP contribution < -0.4 is 14.2 Å². The van der Waals surface area contributed by atoms with Crippen LogP contribution in [0.15, 0.2) is 70.7 Å². The fraction of sp³-hybridized carbons (Fsp3) is 0.136. The molecular weight excluding hydrogens is 372 g/mol. The quantitative estimate of drug-likeness (QED) is 0.476. The van der Waals surface area contributed by atoms with E-state index in [-0.39, 0.29) is 0 Å². The van der Waals surface area contributed by atoms with Gasteiger partial charge in [0.2, 0.25) is 5.75 Å². The molecule has 4 rings (SSSR count). The van der Waals surface area contributed by atoms with E-state index in [2.05, 4.69) is 22.1 Å². The SMILES string of the molecule is COc1ccc(Sc2c(-c3ccncc3)[nH]c3ccccc23)c(OC)c1OC. The van der Waals surface area contributed by atoms with Crippen LogP contribution in [0, 0.1) is 0 Å². The van der Waals surface area contributed by atoms with Gasteiger partial charge in [0.15, 0.2) is 11.5 Å². The maximum Gasteiger partial charge on any atom is 0.204 e. The first-order valence-electron chi connectivity index (χ1n) is 8.74. The minimum atomic E-state index is 0.584. The van der Waals surface area contributed by atoms with Gasteiger partial charge in [0, 0.05) is 33.8 Å². The van der Waals surface area contributed by atoms with Crippen molar-refractivity contribution in [3.05, 3.63) is 60.9 Å². The van der Waals surface area contributed by atoms with Crippen LogP contribution in [0.25, 0.3) is 22.2 Å². The number of hydrogen-bond donors (Lipinski definition) is 1. The molecule has 0 atom stereocenters. The molecule has 0 aliphatic rings. The van der Waals surface area contributed by atoms with Crippen LogP contribution in [-0.2, 0) is 0 Å². The minimum Gasteiger partial charge on any atom is -0.493 e. The summed E-state index contributed by atoms with van der Waals surface area (Å²) in [5.74, 6) is 1.87. The number of methoxy groups -OCH3 is 3. The van der Waals surface area contributed by atoms with E-state index in [0.29, 0.717) is 17.2 Å². The molecule has 0 radical (unpaired) electrons. The van der Waals surface area contributed by atoms with Gasteiger partial charge in [-0.3, -0.25) is 4.98 Å². The number of aromatic amines is 1. The fourth-order valence-electron chi connectivity index (χ4n) is 3.21. The monoisotopic (exact) mass is 392 g/mol. The number of rotatable bonds is 6. The number of H-pyrrole nitrogens is 1. The number of nitrogens with zero attached hydrogens (tertiary/aromatic N) is 1. The van der Waals surface area contributed by atoms with Gasteiger partial charge in [-0.05, 0) is 30.3 Å². The maximum atomic E-state index is 5.67. The van der Waals surface area contributed by atoms with E-state index >= 15 is 0 Å². The summed E-state index contributed by atoms with van der Waals surface area (Å²) in [7, 11) is 4.87. The van der Waals surface area contributed by atoms with Crippen LogP contribution in [0.4, 0.5) is 0 Å². The standard InChI is InChI=1S/C22H20N2O3S/c1-25-17-8-9-18(21(27-3)20(17)26-2)28-22-15-6-4-5-7-16(15)24-19(22)14-10-12-23-13-11-14/h4-13,24H,1-3H3. The number of hydrogen-bond acceptors (Lipinski definition) is 5. The number of para-hydroxylation sites is 1. The summed E-state index contributed by atoms with van der Waals surface area (Å²) in [5.41, 5.74) is 3.20. The number of aromatic nitrogens is 2. The first-order chi connectivity index (χ1) is 13.8. The Labute approximate surface area is 167 Å². The van der Waals surface area contributed by atoms with Crippen molar-refractivity contribution in [2.75, 3.05) is 21.3 Å². The van der Waals surface area contributed by atoms with Gasteiger partial charge in [0.25, 0.3) is 0 Å². The molecule has 0 saturated carbocycles. The molecular formula is C22H20N2O3S. The normalized spacial score (nSPS) is 10.8. The maximum absolute atomic E-state index is 5.67. The molecule has 6 heteroatoms. The number of fused-ring (bicyclic) bond motifs is 1. The number of pyridine rings is 1. The zero-order valence-electron chi connectivity index (χ0n) is 15.9. The molecule has 142 valence electrons. The molecule has 1 N–H and O–H groups in total. The topological polar surface area (TPSA) is 56.4 Å². The number of nitrogens with one attached hydrogen (secondary N) is 1. The molecule has 0 bridgehead atoms. The van der Waals surface area contributed by atoms with E-state index in [4.69, 9.17) is 14.2 Å². The minimum absolute atomic E-state index is 0.584. The molecule has 0 unspecified atom stereocenters. The second-order valence-corrected chi connectivity index (χ2v) is 7.10. The zero-order chi connectivity index (χ0) is 19.5. The summed E-state index contributed by atoms with van der Waals surface area (Å²) in [6.45, 7) is 0. The van der Waals surface area contributed by atoms with Gasteiger partial charge in [0.1, 0.15) is 0 Å².